The van der Waals surface area contributed by atoms with Gasteiger partial charge in [-0.05, 0) is 36.2 Å². The van der Waals surface area contributed by atoms with Gasteiger partial charge in [0.2, 0.25) is 0 Å². The number of benzene rings is 2. The molecule has 5 nitrogen and oxygen atoms in total. The van der Waals surface area contributed by atoms with Crippen LogP contribution in [0, 0.1) is 0 Å². The maximum absolute atomic E-state index is 12.3. The van der Waals surface area contributed by atoms with Crippen molar-refractivity contribution in [1.82, 2.24) is 0 Å². The van der Waals surface area contributed by atoms with Crippen molar-refractivity contribution in [3.8, 4) is 0 Å². The van der Waals surface area contributed by atoms with E-state index in [0.717, 1.165) is 27.8 Å². The summed E-state index contributed by atoms with van der Waals surface area (Å²) >= 11 is 11.9. The van der Waals surface area contributed by atoms with Crippen LogP contribution in [0.15, 0.2) is 51.7 Å². The highest BCUT2D eigenvalue weighted by molar-refractivity contribution is 6.42. The molecule has 0 aliphatic rings. The maximum atomic E-state index is 12.3. The van der Waals surface area contributed by atoms with Crippen LogP contribution in [0.3, 0.4) is 0 Å². The van der Waals surface area contributed by atoms with Crippen LogP contribution in [0.2, 0.25) is 10.0 Å². The van der Waals surface area contributed by atoms with Crippen molar-refractivity contribution < 1.29 is 14.1 Å². The van der Waals surface area contributed by atoms with E-state index in [1.165, 1.54) is 6.07 Å². The molecule has 0 radical (unpaired) electrons. The molecule has 0 fully saturated rings. The lowest BCUT2D eigenvalue weighted by atomic mass is 10.1. The predicted octanol–water partition coefficient (Wildman–Crippen LogP) is 3.32. The molecule has 7 heteroatoms. The second-order valence-electron chi connectivity index (χ2n) is 6.76. The summed E-state index contributed by atoms with van der Waals surface area (Å²) in [5.74, 6) is -0.156. The number of hydrogen-bond donors (Lipinski definition) is 2. The van der Waals surface area contributed by atoms with Crippen LogP contribution < -0.4 is 15.8 Å². The van der Waals surface area contributed by atoms with E-state index in [9.17, 15) is 9.59 Å². The number of carbonyl (C=O) groups is 1. The summed E-state index contributed by atoms with van der Waals surface area (Å²) in [6, 6.07) is 12.3. The predicted molar refractivity (Wildman–Crippen MR) is 112 cm³/mol. The third-order valence-electron chi connectivity index (χ3n) is 4.46. The number of likely N-dealkylation sites (N-methyl/N-ethyl adjacent to an activating group) is 1. The molecule has 2 N–H and O–H groups in total. The summed E-state index contributed by atoms with van der Waals surface area (Å²) in [5.41, 5.74) is 2.74. The fourth-order valence-corrected chi connectivity index (χ4v) is 3.38. The monoisotopic (exact) mass is 419 g/mol. The normalized spacial score (nSPS) is 12.1. The lowest BCUT2D eigenvalue weighted by Gasteiger charge is -2.15. The molecule has 3 rings (SSSR count). The van der Waals surface area contributed by atoms with E-state index in [-0.39, 0.29) is 18.1 Å². The molecule has 0 aliphatic carbocycles. The van der Waals surface area contributed by atoms with Gasteiger partial charge < -0.3 is 14.6 Å². The van der Waals surface area contributed by atoms with Gasteiger partial charge in [0, 0.05) is 22.7 Å². The fraction of sp³-hybridized carbons (Fsp3) is 0.238. The molecule has 1 aromatic heterocycles. The summed E-state index contributed by atoms with van der Waals surface area (Å²) in [6.45, 7) is 2.80. The minimum Gasteiger partial charge on any atom is -0.423 e. The van der Waals surface area contributed by atoms with E-state index in [2.05, 4.69) is 5.32 Å². The number of halogens is 2. The highest BCUT2D eigenvalue weighted by Gasteiger charge is 2.15. The molecule has 0 bridgehead atoms. The van der Waals surface area contributed by atoms with Crippen molar-refractivity contribution >= 4 is 45.8 Å². The highest BCUT2D eigenvalue weighted by atomic mass is 35.5. The second kappa shape index (κ2) is 8.78. The average molecular weight is 420 g/mol. The zero-order chi connectivity index (χ0) is 20.3. The van der Waals surface area contributed by atoms with Gasteiger partial charge >= 0.3 is 5.63 Å². The van der Waals surface area contributed by atoms with Crippen LogP contribution in [0.1, 0.15) is 18.1 Å². The van der Waals surface area contributed by atoms with Crippen molar-refractivity contribution in [3.05, 3.63) is 74.1 Å². The van der Waals surface area contributed by atoms with Gasteiger partial charge in [-0.2, -0.15) is 0 Å². The number of quaternary nitrogens is 1. The van der Waals surface area contributed by atoms with Gasteiger partial charge in [0.25, 0.3) is 5.91 Å². The molecular weight excluding hydrogens is 399 g/mol. The van der Waals surface area contributed by atoms with E-state index >= 15 is 0 Å². The fourth-order valence-electron chi connectivity index (χ4n) is 3.08. The van der Waals surface area contributed by atoms with Gasteiger partial charge in [0.05, 0.1) is 17.1 Å². The van der Waals surface area contributed by atoms with E-state index < -0.39 is 0 Å². The Morgan fingerprint density at radius 3 is 2.61 bits per heavy atom. The van der Waals surface area contributed by atoms with Gasteiger partial charge in [0.15, 0.2) is 6.54 Å². The van der Waals surface area contributed by atoms with Gasteiger partial charge in [-0.1, -0.05) is 42.3 Å². The van der Waals surface area contributed by atoms with Crippen molar-refractivity contribution in [2.45, 2.75) is 19.9 Å². The molecule has 3 aromatic rings. The van der Waals surface area contributed by atoms with Crippen molar-refractivity contribution in [3.63, 3.8) is 0 Å². The van der Waals surface area contributed by atoms with E-state index in [1.54, 1.807) is 18.2 Å². The molecule has 0 aliphatic heterocycles. The first kappa shape index (κ1) is 20.4. The van der Waals surface area contributed by atoms with Crippen LogP contribution in [0.4, 0.5) is 5.69 Å². The average Bonchev–Trinajstić information content (AvgIpc) is 2.63. The molecule has 1 heterocycles. The number of carbonyl (C=O) groups excluding carboxylic acids is 1. The van der Waals surface area contributed by atoms with Gasteiger partial charge in [-0.3, -0.25) is 4.79 Å². The number of aryl methyl sites for hydroxylation is 1. The molecule has 146 valence electrons. The Hall–Kier alpha value is -2.34. The van der Waals surface area contributed by atoms with Crippen molar-refractivity contribution in [1.29, 1.82) is 0 Å². The van der Waals surface area contributed by atoms with Crippen LogP contribution >= 0.6 is 23.2 Å². The summed E-state index contributed by atoms with van der Waals surface area (Å²) in [7, 11) is 1.90. The molecule has 0 spiro atoms. The number of nitrogens with one attached hydrogen (secondary N) is 2. The third kappa shape index (κ3) is 4.93. The first-order chi connectivity index (χ1) is 13.4. The third-order valence-corrected chi connectivity index (χ3v) is 5.20. The van der Waals surface area contributed by atoms with Crippen LogP contribution in [-0.4, -0.2) is 19.5 Å². The number of anilines is 1. The first-order valence-electron chi connectivity index (χ1n) is 8.97. The zero-order valence-corrected chi connectivity index (χ0v) is 17.2. The molecular formula is C21H21Cl2N2O3+. The Bertz CT molecular complexity index is 1080. The standard InChI is InChI=1S/C21H20Cl2N2O3/c1-3-13-4-6-16-14(9-21(27)28-19(16)8-13)11-25(2)12-20(26)24-15-5-7-17(22)18(23)10-15/h4-10H,3,11-12H2,1-2H3,(H,24,26)/p+1. The first-order valence-corrected chi connectivity index (χ1v) is 9.73. The lowest BCUT2D eigenvalue weighted by molar-refractivity contribution is -0.885. The Morgan fingerprint density at radius 2 is 1.89 bits per heavy atom. The number of hydrogen-bond acceptors (Lipinski definition) is 3. The Labute approximate surface area is 172 Å². The summed E-state index contributed by atoms with van der Waals surface area (Å²) in [6.07, 6.45) is 0.865. The summed E-state index contributed by atoms with van der Waals surface area (Å²) < 4.78 is 5.34. The number of amides is 1. The van der Waals surface area contributed by atoms with Crippen molar-refractivity contribution in [2.75, 3.05) is 18.9 Å². The molecule has 28 heavy (non-hydrogen) atoms. The number of rotatable bonds is 6. The molecule has 1 unspecified atom stereocenters. The van der Waals surface area contributed by atoms with E-state index in [0.29, 0.717) is 27.9 Å². The smallest absolute Gasteiger partial charge is 0.336 e. The molecule has 2 aromatic carbocycles. The van der Waals surface area contributed by atoms with Crippen LogP contribution in [0.5, 0.6) is 0 Å². The Kier molecular flexibility index (Phi) is 6.39. The number of fused-ring (bicyclic) bond motifs is 1. The molecule has 1 atom stereocenters. The largest absolute Gasteiger partial charge is 0.423 e. The Morgan fingerprint density at radius 1 is 1.11 bits per heavy atom. The highest BCUT2D eigenvalue weighted by Crippen LogP contribution is 2.24. The topological polar surface area (TPSA) is 63.8 Å². The van der Waals surface area contributed by atoms with Crippen molar-refractivity contribution in [2.24, 2.45) is 0 Å². The quantitative estimate of drug-likeness (QED) is 0.602. The van der Waals surface area contributed by atoms with E-state index in [4.69, 9.17) is 27.6 Å². The van der Waals surface area contributed by atoms with Gasteiger partial charge in [-0.25, -0.2) is 4.79 Å². The lowest BCUT2D eigenvalue weighted by Crippen LogP contribution is -3.08. The maximum Gasteiger partial charge on any atom is 0.336 e. The minimum atomic E-state index is -0.385. The molecule has 0 saturated carbocycles. The summed E-state index contributed by atoms with van der Waals surface area (Å²) in [4.78, 5) is 25.2. The summed E-state index contributed by atoms with van der Waals surface area (Å²) in [5, 5.41) is 4.51. The zero-order valence-electron chi connectivity index (χ0n) is 15.6. The van der Waals surface area contributed by atoms with Gasteiger partial charge in [-0.15, -0.1) is 0 Å². The van der Waals surface area contributed by atoms with Crippen LogP contribution in [-0.2, 0) is 17.8 Å². The SMILES string of the molecule is CCc1ccc2c(C[NH+](C)CC(=O)Nc3ccc(Cl)c(Cl)c3)cc(=O)oc2c1. The second-order valence-corrected chi connectivity index (χ2v) is 7.58. The van der Waals surface area contributed by atoms with Gasteiger partial charge in [0.1, 0.15) is 12.1 Å². The van der Waals surface area contributed by atoms with Crippen LogP contribution in [0.25, 0.3) is 11.0 Å². The van der Waals surface area contributed by atoms with E-state index in [1.807, 2.05) is 32.2 Å². The molecule has 1 amide bonds. The minimum absolute atomic E-state index is 0.156. The molecule has 0 saturated heterocycles. The Balaban J connectivity index is 1.72.